The normalized spacial score (nSPS) is 14.9. The van der Waals surface area contributed by atoms with Crippen molar-refractivity contribution >= 4 is 63.7 Å². The summed E-state index contributed by atoms with van der Waals surface area (Å²) in [5, 5.41) is 9.39. The molecule has 1 aliphatic carbocycles. The van der Waals surface area contributed by atoms with Crippen LogP contribution in [0.3, 0.4) is 0 Å². The molecule has 5 rings (SSSR count). The first-order chi connectivity index (χ1) is 19.3. The van der Waals surface area contributed by atoms with Gasteiger partial charge in [0, 0.05) is 28.2 Å². The van der Waals surface area contributed by atoms with Crippen molar-refractivity contribution in [1.29, 1.82) is 0 Å². The van der Waals surface area contributed by atoms with Crippen LogP contribution in [0.25, 0.3) is 28.2 Å². The second kappa shape index (κ2) is 11.0. The summed E-state index contributed by atoms with van der Waals surface area (Å²) in [7, 11) is 1.84. The maximum Gasteiger partial charge on any atom is 0.331 e. The zero-order chi connectivity index (χ0) is 29.7. The second-order valence-corrected chi connectivity index (χ2v) is 12.5. The quantitative estimate of drug-likeness (QED) is 0.174. The number of carbonyl (C=O) groups is 2. The number of carbonyl (C=O) groups excluding carboxylic acids is 2. The molecule has 0 unspecified atom stereocenters. The van der Waals surface area contributed by atoms with E-state index in [0.29, 0.717) is 21.9 Å². The summed E-state index contributed by atoms with van der Waals surface area (Å²) in [6.07, 6.45) is 7.41. The Hall–Kier alpha value is -3.10. The third-order valence-corrected chi connectivity index (χ3v) is 8.16. The molecular formula is C31H30Cl3N3O4. The van der Waals surface area contributed by atoms with Crippen LogP contribution in [0.4, 0.5) is 0 Å². The molecule has 0 radical (unpaired) electrons. The summed E-state index contributed by atoms with van der Waals surface area (Å²) in [5.74, 6) is -0.351. The van der Waals surface area contributed by atoms with E-state index in [1.54, 1.807) is 29.0 Å². The number of aryl methyl sites for hydroxylation is 1. The van der Waals surface area contributed by atoms with Gasteiger partial charge in [-0.15, -0.1) is 0 Å². The fourth-order valence-corrected chi connectivity index (χ4v) is 6.31. The van der Waals surface area contributed by atoms with E-state index in [9.17, 15) is 9.59 Å². The van der Waals surface area contributed by atoms with Crippen molar-refractivity contribution in [2.24, 2.45) is 0 Å². The van der Waals surface area contributed by atoms with Crippen molar-refractivity contribution in [1.82, 2.24) is 15.0 Å². The molecule has 10 heteroatoms. The van der Waals surface area contributed by atoms with Crippen LogP contribution in [0.5, 0.6) is 0 Å². The predicted octanol–water partition coefficient (Wildman–Crippen LogP) is 8.21. The van der Waals surface area contributed by atoms with Gasteiger partial charge in [0.2, 0.25) is 0 Å². The molecule has 1 aliphatic rings. The van der Waals surface area contributed by atoms with E-state index < -0.39 is 17.1 Å². The summed E-state index contributed by atoms with van der Waals surface area (Å²) < 4.78 is 12.9. The van der Waals surface area contributed by atoms with E-state index in [4.69, 9.17) is 44.1 Å². The summed E-state index contributed by atoms with van der Waals surface area (Å²) in [5.41, 5.74) is 2.04. The van der Waals surface area contributed by atoms with Crippen molar-refractivity contribution in [3.63, 3.8) is 0 Å². The first-order valence-electron chi connectivity index (χ1n) is 13.3. The molecule has 0 amide bonds. The molecule has 0 bridgehead atoms. The highest BCUT2D eigenvalue weighted by Crippen LogP contribution is 2.47. The van der Waals surface area contributed by atoms with E-state index in [1.807, 2.05) is 52.9 Å². The number of fused-ring (bicyclic) bond motifs is 1. The summed E-state index contributed by atoms with van der Waals surface area (Å²) in [6, 6.07) is 8.70. The summed E-state index contributed by atoms with van der Waals surface area (Å²) >= 11 is 19.3. The molecule has 1 fully saturated rings. The van der Waals surface area contributed by atoms with Crippen LogP contribution in [0.2, 0.25) is 15.1 Å². The fraction of sp³-hybridized carbons (Fsp3) is 0.323. The van der Waals surface area contributed by atoms with E-state index >= 15 is 0 Å². The molecular weight excluding hydrogens is 585 g/mol. The number of nitrogens with zero attached hydrogens (tertiary/aromatic N) is 2. The number of aromatic nitrogens is 2. The molecule has 4 aromatic rings. The van der Waals surface area contributed by atoms with Gasteiger partial charge in [0.25, 0.3) is 5.91 Å². The molecule has 214 valence electrons. The Morgan fingerprint density at radius 2 is 1.83 bits per heavy atom. The molecule has 2 heterocycles. The maximum absolute atomic E-state index is 14.5. The first-order valence-corrected chi connectivity index (χ1v) is 14.4. The number of halogens is 3. The Bertz CT molecular complexity index is 1680. The van der Waals surface area contributed by atoms with E-state index in [1.165, 1.54) is 6.08 Å². The zero-order valence-electron chi connectivity index (χ0n) is 23.4. The van der Waals surface area contributed by atoms with E-state index in [2.05, 4.69) is 10.5 Å². The third-order valence-electron chi connectivity index (χ3n) is 7.35. The van der Waals surface area contributed by atoms with Crippen LogP contribution in [-0.2, 0) is 15.1 Å². The average molecular weight is 615 g/mol. The van der Waals surface area contributed by atoms with Gasteiger partial charge in [-0.2, -0.15) is 0 Å². The molecule has 0 atom stereocenters. The lowest BCUT2D eigenvalue weighted by Gasteiger charge is -2.39. The first kappa shape index (κ1) is 29.4. The van der Waals surface area contributed by atoms with Gasteiger partial charge < -0.3 is 14.6 Å². The standard InChI is InChI=1S/C31H30Cl3N3O4/c1-17-16-37(22-9-6-8-18(24(17)22)10-11-23(38)40-30(2,3)4)29(39)26-27(25-20(33)14-19(32)15-21(25)34)36-41-28(26)31(35-5)12-7-13-31/h6,8-11,14-16,35H,7,12-13H2,1-5H3/b11-10+. The number of rotatable bonds is 6. The van der Waals surface area contributed by atoms with Crippen LogP contribution < -0.4 is 5.32 Å². The average Bonchev–Trinajstić information content (AvgIpc) is 3.43. The van der Waals surface area contributed by atoms with Gasteiger partial charge >= 0.3 is 5.97 Å². The van der Waals surface area contributed by atoms with Crippen molar-refractivity contribution in [2.45, 2.75) is 58.1 Å². The van der Waals surface area contributed by atoms with Crippen LogP contribution in [-0.4, -0.2) is 34.2 Å². The topological polar surface area (TPSA) is 86.4 Å². The SMILES string of the molecule is CNC1(c2onc(-c3c(Cl)cc(Cl)cc3Cl)c2C(=O)n2cc(C)c3c(/C=C/C(=O)OC(C)(C)C)cccc32)CCC1. The Morgan fingerprint density at radius 3 is 2.41 bits per heavy atom. The Kier molecular flexibility index (Phi) is 7.85. The highest BCUT2D eigenvalue weighted by molar-refractivity contribution is 6.42. The summed E-state index contributed by atoms with van der Waals surface area (Å²) in [4.78, 5) is 26.8. The van der Waals surface area contributed by atoms with Crippen molar-refractivity contribution in [3.8, 4) is 11.3 Å². The minimum absolute atomic E-state index is 0.249. The Morgan fingerprint density at radius 1 is 1.15 bits per heavy atom. The van der Waals surface area contributed by atoms with Crippen molar-refractivity contribution in [3.05, 3.63) is 80.1 Å². The molecule has 2 aromatic heterocycles. The number of hydrogen-bond donors (Lipinski definition) is 1. The minimum atomic E-state index is -0.603. The summed E-state index contributed by atoms with van der Waals surface area (Å²) in [6.45, 7) is 7.36. The largest absolute Gasteiger partial charge is 0.457 e. The lowest BCUT2D eigenvalue weighted by molar-refractivity contribution is -0.148. The Balaban J connectivity index is 1.66. The van der Waals surface area contributed by atoms with Gasteiger partial charge in [0.15, 0.2) is 5.76 Å². The number of benzene rings is 2. The molecule has 0 spiro atoms. The molecule has 1 saturated carbocycles. The van der Waals surface area contributed by atoms with Gasteiger partial charge in [-0.3, -0.25) is 9.36 Å². The van der Waals surface area contributed by atoms with Crippen molar-refractivity contribution < 1.29 is 18.8 Å². The molecule has 1 N–H and O–H groups in total. The van der Waals surface area contributed by atoms with Crippen LogP contribution in [0.1, 0.15) is 67.3 Å². The van der Waals surface area contributed by atoms with Crippen LogP contribution in [0.15, 0.2) is 47.1 Å². The predicted molar refractivity (Wildman–Crippen MR) is 163 cm³/mol. The molecule has 7 nitrogen and oxygen atoms in total. The van der Waals surface area contributed by atoms with Crippen LogP contribution in [0, 0.1) is 6.92 Å². The van der Waals surface area contributed by atoms with Gasteiger partial charge in [0.1, 0.15) is 16.9 Å². The number of esters is 1. The molecule has 41 heavy (non-hydrogen) atoms. The van der Waals surface area contributed by atoms with Gasteiger partial charge in [0.05, 0.1) is 21.1 Å². The zero-order valence-corrected chi connectivity index (χ0v) is 25.7. The lowest BCUT2D eigenvalue weighted by Crippen LogP contribution is -2.46. The van der Waals surface area contributed by atoms with E-state index in [-0.39, 0.29) is 27.2 Å². The Labute approximate surface area is 253 Å². The number of hydrogen-bond acceptors (Lipinski definition) is 6. The number of ether oxygens (including phenoxy) is 1. The smallest absolute Gasteiger partial charge is 0.331 e. The van der Waals surface area contributed by atoms with E-state index in [0.717, 1.165) is 35.8 Å². The van der Waals surface area contributed by atoms with Crippen molar-refractivity contribution in [2.75, 3.05) is 7.05 Å². The molecule has 0 saturated heterocycles. The maximum atomic E-state index is 14.5. The molecule has 0 aliphatic heterocycles. The molecule has 2 aromatic carbocycles. The highest BCUT2D eigenvalue weighted by atomic mass is 35.5. The lowest BCUT2D eigenvalue weighted by atomic mass is 9.73. The number of nitrogens with one attached hydrogen (secondary N) is 1. The van der Waals surface area contributed by atoms with Gasteiger partial charge in [-0.25, -0.2) is 4.79 Å². The second-order valence-electron chi connectivity index (χ2n) is 11.3. The van der Waals surface area contributed by atoms with Crippen LogP contribution >= 0.6 is 34.8 Å². The fourth-order valence-electron chi connectivity index (χ4n) is 5.31. The monoisotopic (exact) mass is 613 g/mol. The third kappa shape index (κ3) is 5.44. The highest BCUT2D eigenvalue weighted by Gasteiger charge is 2.45. The van der Waals surface area contributed by atoms with Gasteiger partial charge in [-0.1, -0.05) is 52.1 Å². The minimum Gasteiger partial charge on any atom is -0.457 e. The van der Waals surface area contributed by atoms with Gasteiger partial charge in [-0.05, 0) is 89.4 Å².